The number of methoxy groups -OCH3 is 1. The standard InChI is InChI=1S/C29H32F2N2O2.C4H6F3NO2.C2H2/c1-19-5-3-6-21(15-19)25(22-9-12-26(30)20(2)16-22)17-29(34)33-28-8-4-7-27(31)24(28)11-10-23-18-32-13-14-35-23;1-10-3(9)8-2-4(5,6)7;1-2/h3-9,12,15-16,23,25,32H,10-11,13-14,17-18H2,1-2H3,(H,33,34);2H2,1H3,(H,8,9);1-2H/t23-,25-;;/m1../s1. The molecule has 7 nitrogen and oxygen atoms in total. The van der Waals surface area contributed by atoms with Gasteiger partial charge >= 0.3 is 12.3 Å². The summed E-state index contributed by atoms with van der Waals surface area (Å²) in [6, 6.07) is 17.7. The maximum atomic E-state index is 14.7. The summed E-state index contributed by atoms with van der Waals surface area (Å²) >= 11 is 0. The van der Waals surface area contributed by atoms with Gasteiger partial charge in [0.1, 0.15) is 18.2 Å². The molecule has 0 bridgehead atoms. The Morgan fingerprint density at radius 1 is 1.02 bits per heavy atom. The SMILES string of the molecule is C#C.COC(=O)NCC(F)(F)F.Cc1cccc([C@@H](CC(=O)Nc2cccc(F)c2CC[C@@H]2CNCCO2)c2ccc(F)c(C)c2)c1. The lowest BCUT2D eigenvalue weighted by Gasteiger charge is -2.24. The molecule has 1 aliphatic heterocycles. The van der Waals surface area contributed by atoms with Gasteiger partial charge in [-0.1, -0.05) is 48.0 Å². The van der Waals surface area contributed by atoms with Crippen molar-refractivity contribution in [3.63, 3.8) is 0 Å². The topological polar surface area (TPSA) is 88.7 Å². The Kier molecular flexibility index (Phi) is 15.9. The van der Waals surface area contributed by atoms with Crippen molar-refractivity contribution in [1.29, 1.82) is 0 Å². The number of nitrogens with one attached hydrogen (secondary N) is 3. The highest BCUT2D eigenvalue weighted by atomic mass is 19.4. The average Bonchev–Trinajstić information content (AvgIpc) is 3.05. The van der Waals surface area contributed by atoms with Gasteiger partial charge < -0.3 is 25.4 Å². The second-order valence-corrected chi connectivity index (χ2v) is 10.7. The van der Waals surface area contributed by atoms with Crippen LogP contribution in [-0.2, 0) is 20.7 Å². The number of ether oxygens (including phenoxy) is 2. The average molecular weight is 662 g/mol. The second-order valence-electron chi connectivity index (χ2n) is 10.7. The number of carbonyl (C=O) groups is 2. The predicted octanol–water partition coefficient (Wildman–Crippen LogP) is 6.82. The summed E-state index contributed by atoms with van der Waals surface area (Å²) in [5.74, 6) is -1.09. The maximum Gasteiger partial charge on any atom is 0.407 e. The third-order valence-corrected chi connectivity index (χ3v) is 7.15. The number of anilines is 1. The number of aryl methyl sites for hydroxylation is 2. The summed E-state index contributed by atoms with van der Waals surface area (Å²) in [4.78, 5) is 23.3. The molecule has 0 saturated carbocycles. The van der Waals surface area contributed by atoms with Crippen molar-refractivity contribution in [2.75, 3.05) is 38.7 Å². The van der Waals surface area contributed by atoms with E-state index in [1.165, 1.54) is 17.4 Å². The number of benzene rings is 3. The van der Waals surface area contributed by atoms with Crippen LogP contribution >= 0.6 is 0 Å². The van der Waals surface area contributed by atoms with Crippen LogP contribution in [0.15, 0.2) is 60.7 Å². The molecule has 254 valence electrons. The third-order valence-electron chi connectivity index (χ3n) is 7.15. The number of alkyl halides is 3. The molecule has 3 aromatic rings. The molecule has 0 radical (unpaired) electrons. The number of terminal acetylenes is 1. The summed E-state index contributed by atoms with van der Waals surface area (Å²) in [6.45, 7) is 4.57. The molecule has 1 aliphatic rings. The second kappa shape index (κ2) is 19.3. The lowest BCUT2D eigenvalue weighted by molar-refractivity contribution is -0.123. The van der Waals surface area contributed by atoms with Crippen LogP contribution in [0.1, 0.15) is 46.6 Å². The number of halogens is 5. The zero-order valence-electron chi connectivity index (χ0n) is 26.6. The van der Waals surface area contributed by atoms with Gasteiger partial charge in [-0.15, -0.1) is 12.8 Å². The quantitative estimate of drug-likeness (QED) is 0.173. The first kappa shape index (κ1) is 38.7. The smallest absolute Gasteiger partial charge is 0.407 e. The Morgan fingerprint density at radius 2 is 1.72 bits per heavy atom. The van der Waals surface area contributed by atoms with Crippen molar-refractivity contribution in [2.45, 2.75) is 51.3 Å². The molecule has 0 aliphatic carbocycles. The highest BCUT2D eigenvalue weighted by molar-refractivity contribution is 5.92. The monoisotopic (exact) mass is 661 g/mol. The summed E-state index contributed by atoms with van der Waals surface area (Å²) in [5, 5.41) is 7.71. The maximum absolute atomic E-state index is 14.7. The first-order valence-electron chi connectivity index (χ1n) is 14.8. The van der Waals surface area contributed by atoms with Crippen molar-refractivity contribution >= 4 is 17.7 Å². The molecular weight excluding hydrogens is 621 g/mol. The minimum Gasteiger partial charge on any atom is -0.453 e. The summed E-state index contributed by atoms with van der Waals surface area (Å²) in [5.41, 5.74) is 4.43. The molecule has 3 N–H and O–H groups in total. The molecular formula is C35H40F5N3O4. The third kappa shape index (κ3) is 13.4. The van der Waals surface area contributed by atoms with E-state index in [9.17, 15) is 31.5 Å². The molecule has 0 unspecified atom stereocenters. The van der Waals surface area contributed by atoms with E-state index in [1.807, 2.05) is 31.2 Å². The molecule has 1 saturated heterocycles. The van der Waals surface area contributed by atoms with Crippen molar-refractivity contribution in [3.05, 3.63) is 100 Å². The Bertz CT molecular complexity index is 1470. The molecule has 2 amide bonds. The van der Waals surface area contributed by atoms with Crippen molar-refractivity contribution in [2.24, 2.45) is 0 Å². The molecule has 12 heteroatoms. The molecule has 0 spiro atoms. The summed E-state index contributed by atoms with van der Waals surface area (Å²) < 4.78 is 72.2. The van der Waals surface area contributed by atoms with Crippen LogP contribution < -0.4 is 16.0 Å². The predicted molar refractivity (Wildman–Crippen MR) is 171 cm³/mol. The van der Waals surface area contributed by atoms with Crippen LogP contribution in [0.3, 0.4) is 0 Å². The minimum atomic E-state index is -4.38. The molecule has 3 aromatic carbocycles. The van der Waals surface area contributed by atoms with Crippen LogP contribution in [-0.4, -0.2) is 57.6 Å². The Balaban J connectivity index is 0.000000549. The van der Waals surface area contributed by atoms with Crippen molar-refractivity contribution < 1.29 is 41.0 Å². The van der Waals surface area contributed by atoms with Gasteiger partial charge in [-0.2, -0.15) is 13.2 Å². The number of morpholine rings is 1. The van der Waals surface area contributed by atoms with Crippen LogP contribution in [0.25, 0.3) is 0 Å². The number of alkyl carbamates (subject to hydrolysis) is 1. The highest BCUT2D eigenvalue weighted by Gasteiger charge is 2.27. The Hall–Kier alpha value is -4.47. The van der Waals surface area contributed by atoms with Crippen LogP contribution in [0.5, 0.6) is 0 Å². The molecule has 47 heavy (non-hydrogen) atoms. The van der Waals surface area contributed by atoms with Crippen molar-refractivity contribution in [1.82, 2.24) is 10.6 Å². The van der Waals surface area contributed by atoms with Gasteiger partial charge in [-0.25, -0.2) is 13.6 Å². The summed E-state index contributed by atoms with van der Waals surface area (Å²) in [7, 11) is 0.992. The van der Waals surface area contributed by atoms with Gasteiger partial charge in [-0.05, 0) is 61.6 Å². The van der Waals surface area contributed by atoms with Gasteiger partial charge in [0, 0.05) is 36.7 Å². The van der Waals surface area contributed by atoms with E-state index >= 15 is 0 Å². The first-order valence-corrected chi connectivity index (χ1v) is 14.8. The largest absolute Gasteiger partial charge is 0.453 e. The number of hydrogen-bond acceptors (Lipinski definition) is 5. The van der Waals surface area contributed by atoms with E-state index in [1.54, 1.807) is 31.2 Å². The molecule has 1 fully saturated rings. The molecule has 2 atom stereocenters. The molecule has 4 rings (SSSR count). The summed E-state index contributed by atoms with van der Waals surface area (Å²) in [6.07, 6.45) is 3.84. The lowest BCUT2D eigenvalue weighted by Crippen LogP contribution is -2.38. The minimum absolute atomic E-state index is 0.0272. The fraction of sp³-hybridized carbons (Fsp3) is 0.371. The number of hydrogen-bond donors (Lipinski definition) is 3. The van der Waals surface area contributed by atoms with Crippen LogP contribution in [0, 0.1) is 38.3 Å². The number of carbonyl (C=O) groups excluding carboxylic acids is 2. The molecule has 1 heterocycles. The van der Waals surface area contributed by atoms with Gasteiger partial charge in [0.15, 0.2) is 0 Å². The fourth-order valence-electron chi connectivity index (χ4n) is 4.87. The zero-order chi connectivity index (χ0) is 35.0. The van der Waals surface area contributed by atoms with E-state index in [0.29, 0.717) is 36.3 Å². The van der Waals surface area contributed by atoms with Gasteiger partial charge in [0.25, 0.3) is 0 Å². The van der Waals surface area contributed by atoms with E-state index in [2.05, 4.69) is 28.2 Å². The van der Waals surface area contributed by atoms with E-state index in [4.69, 9.17) is 4.74 Å². The Morgan fingerprint density at radius 3 is 2.34 bits per heavy atom. The first-order chi connectivity index (χ1) is 22.4. The Labute approximate surface area is 272 Å². The van der Waals surface area contributed by atoms with E-state index in [0.717, 1.165) is 36.9 Å². The van der Waals surface area contributed by atoms with Crippen molar-refractivity contribution in [3.8, 4) is 12.8 Å². The van der Waals surface area contributed by atoms with E-state index < -0.39 is 18.8 Å². The zero-order valence-corrected chi connectivity index (χ0v) is 26.6. The van der Waals surface area contributed by atoms with Crippen LogP contribution in [0.4, 0.5) is 32.4 Å². The van der Waals surface area contributed by atoms with Gasteiger partial charge in [-0.3, -0.25) is 4.79 Å². The van der Waals surface area contributed by atoms with Gasteiger partial charge in [0.05, 0.1) is 19.8 Å². The highest BCUT2D eigenvalue weighted by Crippen LogP contribution is 2.31. The number of rotatable bonds is 9. The molecule has 0 aromatic heterocycles. The normalized spacial score (nSPS) is 14.7. The van der Waals surface area contributed by atoms with E-state index in [-0.39, 0.29) is 36.0 Å². The fourth-order valence-corrected chi connectivity index (χ4v) is 4.87. The lowest BCUT2D eigenvalue weighted by atomic mass is 9.86. The number of amides is 2. The van der Waals surface area contributed by atoms with Gasteiger partial charge in [0.2, 0.25) is 5.91 Å². The van der Waals surface area contributed by atoms with Crippen LogP contribution in [0.2, 0.25) is 0 Å².